The van der Waals surface area contributed by atoms with Crippen molar-refractivity contribution in [3.8, 4) is 5.75 Å². The predicted molar refractivity (Wildman–Crippen MR) is 131 cm³/mol. The first-order valence-electron chi connectivity index (χ1n) is 11.1. The predicted octanol–water partition coefficient (Wildman–Crippen LogP) is 3.03. The summed E-state index contributed by atoms with van der Waals surface area (Å²) in [6.45, 7) is 2.58. The summed E-state index contributed by atoms with van der Waals surface area (Å²) < 4.78 is 5.94. The van der Waals surface area contributed by atoms with Gasteiger partial charge in [-0.05, 0) is 43.3 Å². The Morgan fingerprint density at radius 3 is 2.79 bits per heavy atom. The van der Waals surface area contributed by atoms with Gasteiger partial charge in [0.25, 0.3) is 5.91 Å². The topological polar surface area (TPSA) is 100 Å². The van der Waals surface area contributed by atoms with Crippen molar-refractivity contribution in [2.45, 2.75) is 12.5 Å². The van der Waals surface area contributed by atoms with Crippen LogP contribution >= 0.6 is 11.3 Å². The van der Waals surface area contributed by atoms with E-state index in [-0.39, 0.29) is 22.6 Å². The van der Waals surface area contributed by atoms with Gasteiger partial charge in [-0.25, -0.2) is 5.10 Å². The van der Waals surface area contributed by atoms with Gasteiger partial charge < -0.3 is 15.0 Å². The van der Waals surface area contributed by atoms with Gasteiger partial charge in [0, 0.05) is 48.3 Å². The third kappa shape index (κ3) is 4.85. The van der Waals surface area contributed by atoms with Crippen LogP contribution in [0, 0.1) is 5.92 Å². The highest BCUT2D eigenvalue weighted by molar-refractivity contribution is 7.08. The number of hydrogen-bond acceptors (Lipinski definition) is 7. The number of likely N-dealkylation sites (tertiary alicyclic amines) is 1. The maximum atomic E-state index is 12.7. The highest BCUT2D eigenvalue weighted by Crippen LogP contribution is 2.31. The molecule has 1 aliphatic heterocycles. The van der Waals surface area contributed by atoms with Crippen LogP contribution in [0.5, 0.6) is 5.75 Å². The van der Waals surface area contributed by atoms with Gasteiger partial charge in [0.2, 0.25) is 0 Å². The van der Waals surface area contributed by atoms with Crippen LogP contribution in [-0.2, 0) is 6.61 Å². The third-order valence-electron chi connectivity index (χ3n) is 6.15. The van der Waals surface area contributed by atoms with E-state index in [1.54, 1.807) is 30.5 Å². The Morgan fingerprint density at radius 1 is 1.18 bits per heavy atom. The summed E-state index contributed by atoms with van der Waals surface area (Å²) >= 11 is 1.15. The fraction of sp³-hybridized carbons (Fsp3) is 0.280. The summed E-state index contributed by atoms with van der Waals surface area (Å²) in [6.07, 6.45) is 1.78. The van der Waals surface area contributed by atoms with Gasteiger partial charge in [-0.3, -0.25) is 14.6 Å². The Morgan fingerprint density at radius 2 is 2.00 bits per heavy atom. The normalized spacial score (nSPS) is 18.3. The number of nitrogens with one attached hydrogen (secondary N) is 2. The molecule has 174 valence electrons. The van der Waals surface area contributed by atoms with E-state index < -0.39 is 0 Å². The minimum absolute atomic E-state index is 0.131. The second kappa shape index (κ2) is 9.74. The zero-order valence-electron chi connectivity index (χ0n) is 18.7. The number of likely N-dealkylation sites (N-methyl/N-ethyl adjacent to an activating group) is 1. The SMILES string of the molecule is CN1C[C@@H](CNC(=O)c2ccc(OCc3cccc4cccnc34)cc2)[C@@H](c2n[nH]c(=O)s2)C1. The van der Waals surface area contributed by atoms with Crippen molar-refractivity contribution in [2.75, 3.05) is 26.7 Å². The molecule has 0 unspecified atom stereocenters. The molecule has 0 aliphatic carbocycles. The summed E-state index contributed by atoms with van der Waals surface area (Å²) in [7, 11) is 2.04. The fourth-order valence-electron chi connectivity index (χ4n) is 4.45. The lowest BCUT2D eigenvalue weighted by Gasteiger charge is -2.16. The Bertz CT molecular complexity index is 1350. The monoisotopic (exact) mass is 475 g/mol. The van der Waals surface area contributed by atoms with Crippen LogP contribution in [0.3, 0.4) is 0 Å². The number of carbonyl (C=O) groups excluding carboxylic acids is 1. The van der Waals surface area contributed by atoms with Gasteiger partial charge in [-0.1, -0.05) is 35.6 Å². The Labute approximate surface area is 200 Å². The van der Waals surface area contributed by atoms with Crippen LogP contribution in [0.25, 0.3) is 10.9 Å². The third-order valence-corrected chi connectivity index (χ3v) is 7.03. The summed E-state index contributed by atoms with van der Waals surface area (Å²) in [6, 6.07) is 17.1. The van der Waals surface area contributed by atoms with E-state index in [4.69, 9.17) is 4.74 Å². The molecule has 1 saturated heterocycles. The second-order valence-corrected chi connectivity index (χ2v) is 9.55. The number of pyridine rings is 1. The van der Waals surface area contributed by atoms with Gasteiger partial charge in [0.1, 0.15) is 17.4 Å². The molecule has 1 fully saturated rings. The van der Waals surface area contributed by atoms with Gasteiger partial charge in [-0.2, -0.15) is 5.10 Å². The van der Waals surface area contributed by atoms with Gasteiger partial charge in [0.05, 0.1) is 5.52 Å². The van der Waals surface area contributed by atoms with Crippen LogP contribution in [0.15, 0.2) is 65.6 Å². The maximum Gasteiger partial charge on any atom is 0.322 e. The van der Waals surface area contributed by atoms with E-state index >= 15 is 0 Å². The number of amides is 1. The van der Waals surface area contributed by atoms with E-state index in [0.29, 0.717) is 24.5 Å². The molecule has 2 N–H and O–H groups in total. The van der Waals surface area contributed by atoms with Gasteiger partial charge >= 0.3 is 4.87 Å². The number of ether oxygens (including phenoxy) is 1. The van der Waals surface area contributed by atoms with Crippen molar-refractivity contribution < 1.29 is 9.53 Å². The molecule has 0 spiro atoms. The van der Waals surface area contributed by atoms with Crippen molar-refractivity contribution in [3.05, 3.63) is 86.6 Å². The van der Waals surface area contributed by atoms with Crippen LogP contribution < -0.4 is 14.9 Å². The first-order chi connectivity index (χ1) is 16.6. The van der Waals surface area contributed by atoms with Crippen LogP contribution in [0.1, 0.15) is 26.8 Å². The Balaban J connectivity index is 1.18. The summed E-state index contributed by atoms with van der Waals surface area (Å²) in [5.74, 6) is 0.891. The lowest BCUT2D eigenvalue weighted by atomic mass is 9.96. The molecule has 8 nitrogen and oxygen atoms in total. The van der Waals surface area contributed by atoms with E-state index in [2.05, 4.69) is 25.4 Å². The number of nitrogens with zero attached hydrogens (tertiary/aromatic N) is 3. The number of aromatic nitrogens is 3. The number of rotatable bonds is 7. The maximum absolute atomic E-state index is 12.7. The minimum Gasteiger partial charge on any atom is -0.489 e. The number of H-pyrrole nitrogens is 1. The molecule has 3 heterocycles. The van der Waals surface area contributed by atoms with E-state index in [9.17, 15) is 9.59 Å². The molecule has 1 amide bonds. The largest absolute Gasteiger partial charge is 0.489 e. The van der Waals surface area contributed by atoms with E-state index in [1.165, 1.54) is 0 Å². The molecule has 2 aromatic carbocycles. The molecule has 2 atom stereocenters. The average Bonchev–Trinajstić information content (AvgIpc) is 3.46. The zero-order valence-corrected chi connectivity index (χ0v) is 19.5. The van der Waals surface area contributed by atoms with Crippen LogP contribution in [0.2, 0.25) is 0 Å². The van der Waals surface area contributed by atoms with Gasteiger partial charge in [0.15, 0.2) is 0 Å². The van der Waals surface area contributed by atoms with E-state index in [0.717, 1.165) is 45.9 Å². The lowest BCUT2D eigenvalue weighted by Crippen LogP contribution is -2.32. The number of aromatic amines is 1. The minimum atomic E-state index is -0.147. The number of para-hydroxylation sites is 1. The fourth-order valence-corrected chi connectivity index (χ4v) is 5.24. The number of benzene rings is 2. The molecule has 1 aliphatic rings. The first-order valence-corrected chi connectivity index (χ1v) is 12.0. The zero-order chi connectivity index (χ0) is 23.5. The molecule has 9 heteroatoms. The highest BCUT2D eigenvalue weighted by Gasteiger charge is 2.34. The molecule has 34 heavy (non-hydrogen) atoms. The molecule has 0 saturated carbocycles. The lowest BCUT2D eigenvalue weighted by molar-refractivity contribution is 0.0946. The van der Waals surface area contributed by atoms with Crippen molar-refractivity contribution in [1.29, 1.82) is 0 Å². The quantitative estimate of drug-likeness (QED) is 0.426. The van der Waals surface area contributed by atoms with Crippen LogP contribution in [0.4, 0.5) is 0 Å². The average molecular weight is 476 g/mol. The number of hydrogen-bond donors (Lipinski definition) is 2. The first kappa shape index (κ1) is 22.2. The molecule has 0 bridgehead atoms. The number of fused-ring (bicyclic) bond motifs is 1. The second-order valence-electron chi connectivity index (χ2n) is 8.55. The number of carbonyl (C=O) groups is 1. The highest BCUT2D eigenvalue weighted by atomic mass is 32.1. The van der Waals surface area contributed by atoms with Crippen molar-refractivity contribution in [3.63, 3.8) is 0 Å². The summed E-state index contributed by atoms with van der Waals surface area (Å²) in [4.78, 5) is 30.7. The summed E-state index contributed by atoms with van der Waals surface area (Å²) in [5.41, 5.74) is 2.52. The van der Waals surface area contributed by atoms with Crippen molar-refractivity contribution in [2.24, 2.45) is 5.92 Å². The molecular weight excluding hydrogens is 450 g/mol. The van der Waals surface area contributed by atoms with Crippen LogP contribution in [-0.4, -0.2) is 52.7 Å². The molecule has 5 rings (SSSR count). The Kier molecular flexibility index (Phi) is 6.37. The Hall–Kier alpha value is -3.56. The molecular formula is C25H25N5O3S. The van der Waals surface area contributed by atoms with Crippen molar-refractivity contribution >= 4 is 28.1 Å². The molecule has 0 radical (unpaired) electrons. The molecule has 4 aromatic rings. The standard InChI is InChI=1S/C25H25N5O3S/c1-30-13-19(21(14-30)24-28-29-25(32)34-24)12-27-23(31)17-7-9-20(10-8-17)33-15-18-5-2-4-16-6-3-11-26-22(16)18/h2-11,19,21H,12-15H2,1H3,(H,27,31)(H,29,32)/t19-,21+/m1/s1. The molecule has 2 aromatic heterocycles. The van der Waals surface area contributed by atoms with E-state index in [1.807, 2.05) is 37.4 Å². The summed E-state index contributed by atoms with van der Waals surface area (Å²) in [5, 5.41) is 11.6. The van der Waals surface area contributed by atoms with Gasteiger partial charge in [-0.15, -0.1) is 0 Å². The van der Waals surface area contributed by atoms with Crippen molar-refractivity contribution in [1.82, 2.24) is 25.4 Å². The smallest absolute Gasteiger partial charge is 0.322 e.